The van der Waals surface area contributed by atoms with Crippen LogP contribution in [0.25, 0.3) is 0 Å². The zero-order valence-electron chi connectivity index (χ0n) is 10.4. The number of nitrogens with one attached hydrogen (secondary N) is 1. The number of carbonyl (C=O) groups excluding carboxylic acids is 3. The highest BCUT2D eigenvalue weighted by atomic mass is 16.7. The highest BCUT2D eigenvalue weighted by Gasteiger charge is 2.44. The summed E-state index contributed by atoms with van der Waals surface area (Å²) >= 11 is 0. The van der Waals surface area contributed by atoms with Crippen LogP contribution in [0.4, 0.5) is 0 Å². The number of rotatable bonds is 5. The van der Waals surface area contributed by atoms with Gasteiger partial charge in [0, 0.05) is 12.8 Å². The molecule has 2 saturated carbocycles. The average Bonchev–Trinajstić information content (AvgIpc) is 2.98. The van der Waals surface area contributed by atoms with Gasteiger partial charge >= 0.3 is 5.97 Å². The van der Waals surface area contributed by atoms with Crippen molar-refractivity contribution >= 4 is 18.2 Å². The molecule has 0 aliphatic heterocycles. The molecule has 0 aromatic rings. The topological polar surface area (TPSA) is 72.5 Å². The smallest absolute Gasteiger partial charge is 0.335 e. The van der Waals surface area contributed by atoms with Gasteiger partial charge in [-0.2, -0.15) is 5.48 Å². The van der Waals surface area contributed by atoms with Gasteiger partial charge in [-0.05, 0) is 37.5 Å². The molecule has 2 fully saturated rings. The number of carbonyl (C=O) groups is 3. The van der Waals surface area contributed by atoms with Crippen LogP contribution in [0, 0.1) is 17.8 Å². The van der Waals surface area contributed by atoms with Crippen LogP contribution in [0.15, 0.2) is 0 Å². The van der Waals surface area contributed by atoms with E-state index < -0.39 is 0 Å². The lowest BCUT2D eigenvalue weighted by Gasteiger charge is -2.19. The monoisotopic (exact) mass is 253 g/mol. The van der Waals surface area contributed by atoms with E-state index in [4.69, 9.17) is 4.84 Å². The van der Waals surface area contributed by atoms with Crippen LogP contribution in [-0.2, 0) is 19.2 Å². The number of aldehydes is 1. The van der Waals surface area contributed by atoms with E-state index >= 15 is 0 Å². The van der Waals surface area contributed by atoms with Gasteiger partial charge in [-0.25, -0.2) is 4.79 Å². The lowest BCUT2D eigenvalue weighted by Crippen LogP contribution is -2.32. The molecule has 5 heteroatoms. The van der Waals surface area contributed by atoms with Crippen molar-refractivity contribution in [3.63, 3.8) is 0 Å². The van der Waals surface area contributed by atoms with Crippen molar-refractivity contribution in [1.29, 1.82) is 0 Å². The Balaban J connectivity index is 1.65. The molecule has 100 valence electrons. The molecule has 2 rings (SSSR count). The summed E-state index contributed by atoms with van der Waals surface area (Å²) in [4.78, 5) is 38.0. The fraction of sp³-hybridized carbons (Fsp3) is 0.769. The molecule has 5 nitrogen and oxygen atoms in total. The number of unbranched alkanes of at least 4 members (excludes halogenated alkanes) is 1. The average molecular weight is 253 g/mol. The van der Waals surface area contributed by atoms with Crippen molar-refractivity contribution in [2.24, 2.45) is 17.8 Å². The highest BCUT2D eigenvalue weighted by molar-refractivity contribution is 5.79. The van der Waals surface area contributed by atoms with Gasteiger partial charge in [-0.3, -0.25) is 4.79 Å². The molecule has 0 heterocycles. The second-order valence-corrected chi connectivity index (χ2v) is 5.29. The molecule has 2 aliphatic carbocycles. The quantitative estimate of drug-likeness (QED) is 0.456. The maximum atomic E-state index is 11.8. The normalized spacial score (nSPS) is 29.0. The molecule has 0 radical (unpaired) electrons. The van der Waals surface area contributed by atoms with Crippen LogP contribution in [0.3, 0.4) is 0 Å². The first kappa shape index (κ1) is 13.1. The zero-order valence-corrected chi connectivity index (χ0v) is 10.4. The second kappa shape index (κ2) is 5.98. The predicted octanol–water partition coefficient (Wildman–Crippen LogP) is 1.37. The summed E-state index contributed by atoms with van der Waals surface area (Å²) in [5, 5.41) is 0. The van der Waals surface area contributed by atoms with Crippen molar-refractivity contribution in [2.75, 3.05) is 0 Å². The van der Waals surface area contributed by atoms with Gasteiger partial charge in [-0.15, -0.1) is 0 Å². The van der Waals surface area contributed by atoms with Crippen molar-refractivity contribution in [1.82, 2.24) is 5.48 Å². The maximum Gasteiger partial charge on any atom is 0.335 e. The Hall–Kier alpha value is -1.39. The molecular weight excluding hydrogens is 234 g/mol. The van der Waals surface area contributed by atoms with Gasteiger partial charge in [-0.1, -0.05) is 6.42 Å². The van der Waals surface area contributed by atoms with Gasteiger partial charge in [0.1, 0.15) is 6.29 Å². The minimum atomic E-state index is -0.339. The first-order valence-corrected chi connectivity index (χ1v) is 6.64. The summed E-state index contributed by atoms with van der Waals surface area (Å²) in [7, 11) is 0. The molecule has 1 amide bonds. The minimum absolute atomic E-state index is 0.0287. The molecule has 0 spiro atoms. The molecular formula is C13H19NO4. The van der Waals surface area contributed by atoms with Crippen molar-refractivity contribution < 1.29 is 19.2 Å². The third-order valence-electron chi connectivity index (χ3n) is 4.03. The van der Waals surface area contributed by atoms with Crippen LogP contribution in [-0.4, -0.2) is 18.2 Å². The Morgan fingerprint density at radius 3 is 2.72 bits per heavy atom. The van der Waals surface area contributed by atoms with Crippen LogP contribution in [0.5, 0.6) is 0 Å². The molecule has 18 heavy (non-hydrogen) atoms. The lowest BCUT2D eigenvalue weighted by atomic mass is 9.89. The molecule has 3 unspecified atom stereocenters. The molecule has 3 atom stereocenters. The van der Waals surface area contributed by atoms with Crippen LogP contribution < -0.4 is 5.48 Å². The molecule has 0 aromatic heterocycles. The Morgan fingerprint density at radius 1 is 1.28 bits per heavy atom. The van der Waals surface area contributed by atoms with E-state index in [9.17, 15) is 14.4 Å². The predicted molar refractivity (Wildman–Crippen MR) is 63.1 cm³/mol. The van der Waals surface area contributed by atoms with Gasteiger partial charge in [0.15, 0.2) is 0 Å². The summed E-state index contributed by atoms with van der Waals surface area (Å²) in [6.07, 6.45) is 6.20. The molecule has 1 N–H and O–H groups in total. The number of hydrogen-bond donors (Lipinski definition) is 1. The summed E-state index contributed by atoms with van der Waals surface area (Å²) in [6.45, 7) is 0. The Morgan fingerprint density at radius 2 is 2.11 bits per heavy atom. The van der Waals surface area contributed by atoms with Crippen LogP contribution >= 0.6 is 0 Å². The van der Waals surface area contributed by atoms with E-state index in [1.54, 1.807) is 0 Å². The highest BCUT2D eigenvalue weighted by Crippen LogP contribution is 2.48. The Labute approximate surface area is 106 Å². The number of hydroxylamine groups is 1. The number of amides is 1. The lowest BCUT2D eigenvalue weighted by molar-refractivity contribution is -0.163. The summed E-state index contributed by atoms with van der Waals surface area (Å²) in [5.74, 6) is 0.462. The third kappa shape index (κ3) is 3.09. The fourth-order valence-corrected chi connectivity index (χ4v) is 3.11. The largest absolute Gasteiger partial charge is 0.340 e. The number of fused-ring (bicyclic) bond motifs is 2. The van der Waals surface area contributed by atoms with Crippen molar-refractivity contribution in [3.8, 4) is 0 Å². The van der Waals surface area contributed by atoms with Crippen molar-refractivity contribution in [3.05, 3.63) is 0 Å². The Bertz CT molecular complexity index is 342. The summed E-state index contributed by atoms with van der Waals surface area (Å²) in [5.41, 5.74) is 2.17. The second-order valence-electron chi connectivity index (χ2n) is 5.29. The van der Waals surface area contributed by atoms with E-state index in [-0.39, 0.29) is 24.2 Å². The fourth-order valence-electron chi connectivity index (χ4n) is 3.11. The van der Waals surface area contributed by atoms with Gasteiger partial charge in [0.05, 0.1) is 5.92 Å². The van der Waals surface area contributed by atoms with E-state index in [1.807, 2.05) is 0 Å². The van der Waals surface area contributed by atoms with E-state index in [2.05, 4.69) is 5.48 Å². The molecule has 0 saturated heterocycles. The van der Waals surface area contributed by atoms with Crippen LogP contribution in [0.2, 0.25) is 0 Å². The standard InChI is InChI=1S/C13H19NO4/c15-6-2-1-3-12(16)14-18-13(17)11-8-9-4-5-10(11)7-9/h6,9-11H,1-5,7-8H2,(H,14,16). The van der Waals surface area contributed by atoms with Gasteiger partial charge < -0.3 is 9.63 Å². The van der Waals surface area contributed by atoms with Gasteiger partial charge in [0.2, 0.25) is 0 Å². The maximum absolute atomic E-state index is 11.8. The summed E-state index contributed by atoms with van der Waals surface area (Å²) in [6, 6.07) is 0. The minimum Gasteiger partial charge on any atom is -0.340 e. The SMILES string of the molecule is O=CCCCC(=O)NOC(=O)C1CC2CCC1C2. The first-order valence-electron chi connectivity index (χ1n) is 6.64. The molecule has 2 aliphatic rings. The van der Waals surface area contributed by atoms with E-state index in [0.29, 0.717) is 24.7 Å². The first-order chi connectivity index (χ1) is 8.70. The van der Waals surface area contributed by atoms with Crippen LogP contribution in [0.1, 0.15) is 44.9 Å². The zero-order chi connectivity index (χ0) is 13.0. The van der Waals surface area contributed by atoms with E-state index in [1.165, 1.54) is 6.42 Å². The Kier molecular flexibility index (Phi) is 4.33. The molecule has 0 aromatic carbocycles. The van der Waals surface area contributed by atoms with E-state index in [0.717, 1.165) is 25.5 Å². The molecule has 2 bridgehead atoms. The third-order valence-corrected chi connectivity index (χ3v) is 4.03. The van der Waals surface area contributed by atoms with Crippen molar-refractivity contribution in [2.45, 2.75) is 44.9 Å². The number of hydrogen-bond acceptors (Lipinski definition) is 4. The summed E-state index contributed by atoms with van der Waals surface area (Å²) < 4.78 is 0. The van der Waals surface area contributed by atoms with Gasteiger partial charge in [0.25, 0.3) is 5.91 Å².